The first-order chi connectivity index (χ1) is 7.24. The van der Waals surface area contributed by atoms with Crippen LogP contribution in [0.2, 0.25) is 0 Å². The summed E-state index contributed by atoms with van der Waals surface area (Å²) in [5, 5.41) is 0. The SMILES string of the molecule is CC1CCCC(Oc2cc(F)ncn2)C1. The van der Waals surface area contributed by atoms with Gasteiger partial charge in [-0.25, -0.2) is 9.97 Å². The van der Waals surface area contributed by atoms with Gasteiger partial charge in [0, 0.05) is 0 Å². The van der Waals surface area contributed by atoms with Crippen LogP contribution in [-0.4, -0.2) is 16.1 Å². The predicted octanol–water partition coefficient (Wildman–Crippen LogP) is 2.57. The van der Waals surface area contributed by atoms with Crippen LogP contribution in [-0.2, 0) is 0 Å². The van der Waals surface area contributed by atoms with Crippen molar-refractivity contribution in [3.05, 3.63) is 18.3 Å². The molecule has 0 saturated heterocycles. The van der Waals surface area contributed by atoms with Crippen molar-refractivity contribution in [3.63, 3.8) is 0 Å². The molecule has 1 saturated carbocycles. The summed E-state index contributed by atoms with van der Waals surface area (Å²) >= 11 is 0. The van der Waals surface area contributed by atoms with Crippen LogP contribution in [0.4, 0.5) is 4.39 Å². The van der Waals surface area contributed by atoms with Crippen molar-refractivity contribution in [1.82, 2.24) is 9.97 Å². The number of rotatable bonds is 2. The van der Waals surface area contributed by atoms with Gasteiger partial charge in [-0.1, -0.05) is 13.3 Å². The Hall–Kier alpha value is -1.19. The Labute approximate surface area is 88.7 Å². The summed E-state index contributed by atoms with van der Waals surface area (Å²) in [6.45, 7) is 2.22. The van der Waals surface area contributed by atoms with Gasteiger partial charge in [-0.2, -0.15) is 4.39 Å². The zero-order valence-corrected chi connectivity index (χ0v) is 8.82. The molecule has 2 rings (SSSR count). The molecule has 1 fully saturated rings. The second-order valence-electron chi connectivity index (χ2n) is 4.19. The summed E-state index contributed by atoms with van der Waals surface area (Å²) in [7, 11) is 0. The van der Waals surface area contributed by atoms with Crippen molar-refractivity contribution in [3.8, 4) is 5.88 Å². The highest BCUT2D eigenvalue weighted by molar-refractivity contribution is 5.06. The van der Waals surface area contributed by atoms with Gasteiger partial charge >= 0.3 is 0 Å². The standard InChI is InChI=1S/C11H15FN2O/c1-8-3-2-4-9(5-8)15-11-6-10(12)13-7-14-11/h6-9H,2-5H2,1H3. The van der Waals surface area contributed by atoms with Gasteiger partial charge in [0.1, 0.15) is 12.4 Å². The molecule has 0 radical (unpaired) electrons. The van der Waals surface area contributed by atoms with Gasteiger partial charge in [-0.05, 0) is 25.2 Å². The van der Waals surface area contributed by atoms with Crippen molar-refractivity contribution >= 4 is 0 Å². The first-order valence-electron chi connectivity index (χ1n) is 5.38. The minimum Gasteiger partial charge on any atom is -0.474 e. The van der Waals surface area contributed by atoms with Gasteiger partial charge in [-0.3, -0.25) is 0 Å². The van der Waals surface area contributed by atoms with Gasteiger partial charge in [0.25, 0.3) is 0 Å². The molecule has 1 aromatic rings. The van der Waals surface area contributed by atoms with Crippen molar-refractivity contribution in [2.45, 2.75) is 38.7 Å². The predicted molar refractivity (Wildman–Crippen MR) is 54.0 cm³/mol. The van der Waals surface area contributed by atoms with Crippen molar-refractivity contribution < 1.29 is 9.13 Å². The zero-order valence-electron chi connectivity index (χ0n) is 8.82. The maximum atomic E-state index is 12.8. The Morgan fingerprint density at radius 2 is 2.27 bits per heavy atom. The average molecular weight is 210 g/mol. The van der Waals surface area contributed by atoms with Gasteiger partial charge in [-0.15, -0.1) is 0 Å². The second kappa shape index (κ2) is 4.55. The van der Waals surface area contributed by atoms with Crippen LogP contribution < -0.4 is 4.74 Å². The number of hydrogen-bond acceptors (Lipinski definition) is 3. The van der Waals surface area contributed by atoms with E-state index in [2.05, 4.69) is 16.9 Å². The van der Waals surface area contributed by atoms with Crippen LogP contribution in [0.5, 0.6) is 5.88 Å². The first-order valence-corrected chi connectivity index (χ1v) is 5.38. The van der Waals surface area contributed by atoms with Crippen molar-refractivity contribution in [1.29, 1.82) is 0 Å². The molecule has 0 amide bonds. The van der Waals surface area contributed by atoms with E-state index >= 15 is 0 Å². The molecule has 15 heavy (non-hydrogen) atoms. The molecule has 1 aromatic heterocycles. The Bertz CT molecular complexity index is 332. The molecule has 4 heteroatoms. The lowest BCUT2D eigenvalue weighted by Gasteiger charge is -2.26. The lowest BCUT2D eigenvalue weighted by Crippen LogP contribution is -2.24. The van der Waals surface area contributed by atoms with E-state index in [-0.39, 0.29) is 6.10 Å². The largest absolute Gasteiger partial charge is 0.474 e. The summed E-state index contributed by atoms with van der Waals surface area (Å²) in [6, 6.07) is 1.24. The van der Waals surface area contributed by atoms with Crippen LogP contribution in [0.25, 0.3) is 0 Å². The molecule has 0 aromatic carbocycles. The van der Waals surface area contributed by atoms with E-state index in [0.29, 0.717) is 11.8 Å². The molecule has 3 nitrogen and oxygen atoms in total. The number of ether oxygens (including phenoxy) is 1. The number of nitrogens with zero attached hydrogens (tertiary/aromatic N) is 2. The van der Waals surface area contributed by atoms with Crippen LogP contribution in [0, 0.1) is 11.9 Å². The fourth-order valence-electron chi connectivity index (χ4n) is 2.04. The van der Waals surface area contributed by atoms with Gasteiger partial charge in [0.2, 0.25) is 11.8 Å². The van der Waals surface area contributed by atoms with Crippen LogP contribution in [0.15, 0.2) is 12.4 Å². The van der Waals surface area contributed by atoms with Crippen LogP contribution >= 0.6 is 0 Å². The fraction of sp³-hybridized carbons (Fsp3) is 0.636. The lowest BCUT2D eigenvalue weighted by atomic mass is 9.89. The Morgan fingerprint density at radius 1 is 1.40 bits per heavy atom. The number of hydrogen-bond donors (Lipinski definition) is 0. The molecule has 2 atom stereocenters. The van der Waals surface area contributed by atoms with Gasteiger partial charge in [0.15, 0.2) is 0 Å². The monoisotopic (exact) mass is 210 g/mol. The summed E-state index contributed by atoms with van der Waals surface area (Å²) in [4.78, 5) is 7.28. The fourth-order valence-corrected chi connectivity index (χ4v) is 2.04. The smallest absolute Gasteiger partial charge is 0.219 e. The normalized spacial score (nSPS) is 26.3. The third kappa shape index (κ3) is 2.88. The molecule has 82 valence electrons. The number of aromatic nitrogens is 2. The van der Waals surface area contributed by atoms with E-state index in [1.165, 1.54) is 25.2 Å². The topological polar surface area (TPSA) is 35.0 Å². The third-order valence-corrected chi connectivity index (χ3v) is 2.78. The molecular formula is C11H15FN2O. The van der Waals surface area contributed by atoms with Crippen LogP contribution in [0.3, 0.4) is 0 Å². The molecule has 1 aliphatic rings. The molecule has 2 unspecified atom stereocenters. The van der Waals surface area contributed by atoms with E-state index in [9.17, 15) is 4.39 Å². The van der Waals surface area contributed by atoms with E-state index in [1.807, 2.05) is 0 Å². The zero-order chi connectivity index (χ0) is 10.7. The van der Waals surface area contributed by atoms with Gasteiger partial charge < -0.3 is 4.74 Å². The summed E-state index contributed by atoms with van der Waals surface area (Å²) < 4.78 is 18.4. The van der Waals surface area contributed by atoms with E-state index in [0.717, 1.165) is 12.8 Å². The van der Waals surface area contributed by atoms with Crippen LogP contribution in [0.1, 0.15) is 32.6 Å². The van der Waals surface area contributed by atoms with Gasteiger partial charge in [0.05, 0.1) is 6.07 Å². The van der Waals surface area contributed by atoms with Crippen molar-refractivity contribution in [2.75, 3.05) is 0 Å². The molecule has 1 heterocycles. The van der Waals surface area contributed by atoms with Crippen molar-refractivity contribution in [2.24, 2.45) is 5.92 Å². The molecule has 1 aliphatic carbocycles. The summed E-state index contributed by atoms with van der Waals surface area (Å²) in [5.74, 6) is 0.501. The first kappa shape index (κ1) is 10.3. The molecule has 0 spiro atoms. The average Bonchev–Trinajstić information content (AvgIpc) is 2.17. The molecule has 0 aliphatic heterocycles. The third-order valence-electron chi connectivity index (χ3n) is 2.78. The quantitative estimate of drug-likeness (QED) is 0.704. The van der Waals surface area contributed by atoms with E-state index < -0.39 is 5.95 Å². The van der Waals surface area contributed by atoms with E-state index in [4.69, 9.17) is 4.74 Å². The minimum absolute atomic E-state index is 0.183. The highest BCUT2D eigenvalue weighted by Crippen LogP contribution is 2.26. The highest BCUT2D eigenvalue weighted by Gasteiger charge is 2.20. The maximum absolute atomic E-state index is 12.8. The highest BCUT2D eigenvalue weighted by atomic mass is 19.1. The summed E-state index contributed by atoms with van der Waals surface area (Å²) in [6.07, 6.45) is 5.89. The molecule has 0 N–H and O–H groups in total. The minimum atomic E-state index is -0.538. The molecular weight excluding hydrogens is 195 g/mol. The van der Waals surface area contributed by atoms with E-state index in [1.54, 1.807) is 0 Å². The Kier molecular flexibility index (Phi) is 3.14. The second-order valence-corrected chi connectivity index (χ2v) is 4.19. The summed E-state index contributed by atoms with van der Waals surface area (Å²) in [5.41, 5.74) is 0. The Balaban J connectivity index is 1.96. The maximum Gasteiger partial charge on any atom is 0.219 e. The Morgan fingerprint density at radius 3 is 3.00 bits per heavy atom. The lowest BCUT2D eigenvalue weighted by molar-refractivity contribution is 0.123. The number of halogens is 1. The molecule has 0 bridgehead atoms.